The van der Waals surface area contributed by atoms with Gasteiger partial charge in [-0.1, -0.05) is 0 Å². The van der Waals surface area contributed by atoms with Gasteiger partial charge in [-0.15, -0.1) is 0 Å². The van der Waals surface area contributed by atoms with Crippen LogP contribution >= 0.6 is 0 Å². The summed E-state index contributed by atoms with van der Waals surface area (Å²) in [6.45, 7) is -0.248. The number of rotatable bonds is 8. The average Bonchev–Trinajstić information content (AvgIpc) is 3.37. The number of carbonyl (C=O) groups excluding carboxylic acids is 2. The van der Waals surface area contributed by atoms with Crippen molar-refractivity contribution in [2.24, 2.45) is 0 Å². The third-order valence-corrected chi connectivity index (χ3v) is 5.98. The maximum atomic E-state index is 14.8. The topological polar surface area (TPSA) is 140 Å². The number of anilines is 3. The van der Waals surface area contributed by atoms with Crippen molar-refractivity contribution in [1.29, 1.82) is 0 Å². The molecule has 1 aliphatic heterocycles. The molecule has 0 aliphatic carbocycles. The Morgan fingerprint density at radius 2 is 1.97 bits per heavy atom. The zero-order valence-corrected chi connectivity index (χ0v) is 20.6. The summed E-state index contributed by atoms with van der Waals surface area (Å²) in [7, 11) is 1.24. The van der Waals surface area contributed by atoms with Gasteiger partial charge in [-0.2, -0.15) is 13.2 Å². The fraction of sp³-hybridized carbons (Fsp3) is 0.280. The van der Waals surface area contributed by atoms with E-state index in [-0.39, 0.29) is 60.2 Å². The van der Waals surface area contributed by atoms with E-state index < -0.39 is 34.9 Å². The summed E-state index contributed by atoms with van der Waals surface area (Å²) in [5.74, 6) is -2.07. The van der Waals surface area contributed by atoms with Gasteiger partial charge in [-0.25, -0.2) is 4.39 Å². The second kappa shape index (κ2) is 11.1. The number of alkyl halides is 3. The number of hydrogen-bond donors (Lipinski definition) is 4. The molecule has 1 aliphatic rings. The molecule has 10 nitrogen and oxygen atoms in total. The maximum Gasteiger partial charge on any atom is 0.418 e. The predicted octanol–water partition coefficient (Wildman–Crippen LogP) is 3.17. The zero-order chi connectivity index (χ0) is 28.2. The van der Waals surface area contributed by atoms with Crippen LogP contribution in [0.1, 0.15) is 28.0 Å². The first kappa shape index (κ1) is 27.6. The second-order valence-electron chi connectivity index (χ2n) is 8.72. The van der Waals surface area contributed by atoms with Crippen molar-refractivity contribution in [3.05, 3.63) is 71.6 Å². The molecule has 5 N–H and O–H groups in total. The lowest BCUT2D eigenvalue weighted by Crippen LogP contribution is -2.59. The van der Waals surface area contributed by atoms with Crippen molar-refractivity contribution in [1.82, 2.24) is 20.6 Å². The van der Waals surface area contributed by atoms with Gasteiger partial charge in [0.25, 0.3) is 5.91 Å². The molecule has 1 saturated heterocycles. The Kier molecular flexibility index (Phi) is 7.85. The van der Waals surface area contributed by atoms with Crippen LogP contribution in [0.25, 0.3) is 0 Å². The standard InChI is InChI=1S/C25H24F4N6O4/c1-38-17-2-3-20(18(8-17)25(27,28)29)34-16-7-19(26)21(32-11-16)12-33-23(37)24(4-5-39-13-24)35-22(36)14-6-15(30)10-31-9-14/h2-3,6-11,34H,4-5,12-13,30H2,1H3,(H,33,37)(H,35,36). The lowest BCUT2D eigenvalue weighted by molar-refractivity contribution is -0.137. The number of ether oxygens (including phenoxy) is 2. The first-order chi connectivity index (χ1) is 18.5. The summed E-state index contributed by atoms with van der Waals surface area (Å²) in [5.41, 5.74) is 3.14. The van der Waals surface area contributed by atoms with Crippen molar-refractivity contribution in [2.45, 2.75) is 24.7 Å². The minimum atomic E-state index is -4.69. The average molecular weight is 548 g/mol. The molecule has 1 unspecified atom stereocenters. The number of carbonyl (C=O) groups is 2. The SMILES string of the molecule is COc1ccc(Nc2cnc(CNC(=O)C3(NC(=O)c4cncc(N)c4)CCOC3)c(F)c2)c(C(F)(F)F)c1. The number of nitrogens with zero attached hydrogens (tertiary/aromatic N) is 2. The van der Waals surface area contributed by atoms with Gasteiger partial charge in [-0.05, 0) is 24.3 Å². The number of benzene rings is 1. The number of amides is 2. The molecule has 206 valence electrons. The smallest absolute Gasteiger partial charge is 0.418 e. The molecule has 0 spiro atoms. The van der Waals surface area contributed by atoms with Crippen LogP contribution in [-0.2, 0) is 22.3 Å². The zero-order valence-electron chi connectivity index (χ0n) is 20.6. The highest BCUT2D eigenvalue weighted by Gasteiger charge is 2.44. The van der Waals surface area contributed by atoms with E-state index in [9.17, 15) is 27.2 Å². The molecule has 1 atom stereocenters. The number of nitrogen functional groups attached to an aromatic ring is 1. The first-order valence-corrected chi connectivity index (χ1v) is 11.6. The summed E-state index contributed by atoms with van der Waals surface area (Å²) < 4.78 is 65.4. The van der Waals surface area contributed by atoms with Crippen molar-refractivity contribution in [2.75, 3.05) is 31.4 Å². The number of aromatic nitrogens is 2. The Labute approximate surface area is 219 Å². The van der Waals surface area contributed by atoms with Gasteiger partial charge in [0, 0.05) is 31.5 Å². The lowest BCUT2D eigenvalue weighted by atomic mass is 9.96. The van der Waals surface area contributed by atoms with Gasteiger partial charge in [-0.3, -0.25) is 19.6 Å². The van der Waals surface area contributed by atoms with Gasteiger partial charge < -0.3 is 31.2 Å². The molecule has 0 saturated carbocycles. The van der Waals surface area contributed by atoms with E-state index >= 15 is 0 Å². The molecule has 3 heterocycles. The number of nitrogens with one attached hydrogen (secondary N) is 3. The molecular weight excluding hydrogens is 524 g/mol. The molecule has 39 heavy (non-hydrogen) atoms. The largest absolute Gasteiger partial charge is 0.497 e. The fourth-order valence-electron chi connectivity index (χ4n) is 3.92. The highest BCUT2D eigenvalue weighted by Crippen LogP contribution is 2.38. The highest BCUT2D eigenvalue weighted by atomic mass is 19.4. The number of nitrogens with two attached hydrogens (primary N) is 1. The first-order valence-electron chi connectivity index (χ1n) is 11.6. The molecule has 0 bridgehead atoms. The van der Waals surface area contributed by atoms with Gasteiger partial charge in [0.2, 0.25) is 5.91 Å². The summed E-state index contributed by atoms with van der Waals surface area (Å²) >= 11 is 0. The number of pyridine rings is 2. The quantitative estimate of drug-likeness (QED) is 0.315. The van der Waals surface area contributed by atoms with Gasteiger partial charge >= 0.3 is 6.18 Å². The van der Waals surface area contributed by atoms with Crippen molar-refractivity contribution < 1.29 is 36.6 Å². The molecule has 1 aromatic carbocycles. The minimum absolute atomic E-state index is 0.00876. The van der Waals surface area contributed by atoms with Crippen LogP contribution < -0.4 is 26.4 Å². The molecule has 14 heteroatoms. The van der Waals surface area contributed by atoms with E-state index in [2.05, 4.69) is 25.9 Å². The Balaban J connectivity index is 1.45. The Morgan fingerprint density at radius 3 is 2.62 bits per heavy atom. The Hall–Kier alpha value is -4.46. The Morgan fingerprint density at radius 1 is 1.18 bits per heavy atom. The number of methoxy groups -OCH3 is 1. The van der Waals surface area contributed by atoms with Crippen molar-refractivity contribution in [3.8, 4) is 5.75 Å². The highest BCUT2D eigenvalue weighted by molar-refractivity contribution is 5.99. The van der Waals surface area contributed by atoms with Crippen LogP contribution in [0.3, 0.4) is 0 Å². The molecule has 4 rings (SSSR count). The van der Waals surface area contributed by atoms with E-state index in [1.807, 2.05) is 0 Å². The van der Waals surface area contributed by atoms with Gasteiger partial charge in [0.05, 0.1) is 60.3 Å². The molecule has 2 aromatic heterocycles. The fourth-order valence-corrected chi connectivity index (χ4v) is 3.92. The van der Waals surface area contributed by atoms with Gasteiger partial charge in [0.1, 0.15) is 17.1 Å². The van der Waals surface area contributed by atoms with Crippen LogP contribution in [0.15, 0.2) is 48.9 Å². The van der Waals surface area contributed by atoms with Gasteiger partial charge in [0.15, 0.2) is 0 Å². The van der Waals surface area contributed by atoms with E-state index in [1.165, 1.54) is 31.6 Å². The normalized spacial score (nSPS) is 16.9. The molecule has 2 amide bonds. The summed E-state index contributed by atoms with van der Waals surface area (Å²) in [6, 6.07) is 5.67. The van der Waals surface area contributed by atoms with Crippen molar-refractivity contribution >= 4 is 28.9 Å². The van der Waals surface area contributed by atoms with E-state index in [4.69, 9.17) is 15.2 Å². The van der Waals surface area contributed by atoms with Crippen LogP contribution in [0.5, 0.6) is 5.75 Å². The second-order valence-corrected chi connectivity index (χ2v) is 8.72. The number of hydrogen-bond acceptors (Lipinski definition) is 8. The third kappa shape index (κ3) is 6.34. The van der Waals surface area contributed by atoms with Crippen LogP contribution in [0, 0.1) is 5.82 Å². The third-order valence-electron chi connectivity index (χ3n) is 5.98. The minimum Gasteiger partial charge on any atom is -0.497 e. The van der Waals surface area contributed by atoms with Crippen LogP contribution in [0.2, 0.25) is 0 Å². The van der Waals surface area contributed by atoms with E-state index in [1.54, 1.807) is 0 Å². The molecular formula is C25H24F4N6O4. The summed E-state index contributed by atoms with van der Waals surface area (Å²) in [5, 5.41) is 7.71. The molecule has 1 fully saturated rings. The predicted molar refractivity (Wildman–Crippen MR) is 132 cm³/mol. The maximum absolute atomic E-state index is 14.8. The number of halogens is 4. The Bertz CT molecular complexity index is 1380. The van der Waals surface area contributed by atoms with Crippen molar-refractivity contribution in [3.63, 3.8) is 0 Å². The summed E-state index contributed by atoms with van der Waals surface area (Å²) in [6.07, 6.45) is -0.718. The van der Waals surface area contributed by atoms with E-state index in [0.717, 1.165) is 24.4 Å². The summed E-state index contributed by atoms with van der Waals surface area (Å²) in [4.78, 5) is 33.6. The monoisotopic (exact) mass is 548 g/mol. The molecule has 0 radical (unpaired) electrons. The van der Waals surface area contributed by atoms with Crippen LogP contribution in [-0.4, -0.2) is 47.6 Å². The molecule has 3 aromatic rings. The van der Waals surface area contributed by atoms with Crippen LogP contribution in [0.4, 0.5) is 34.6 Å². The lowest BCUT2D eigenvalue weighted by Gasteiger charge is -2.27. The van der Waals surface area contributed by atoms with E-state index in [0.29, 0.717) is 0 Å².